The number of rotatable bonds is 6. The van der Waals surface area contributed by atoms with Gasteiger partial charge < -0.3 is 0 Å². The van der Waals surface area contributed by atoms with Crippen molar-refractivity contribution in [3.8, 4) is 0 Å². The number of aromatic nitrogens is 2. The van der Waals surface area contributed by atoms with E-state index in [2.05, 4.69) is 75.8 Å². The van der Waals surface area contributed by atoms with Gasteiger partial charge in [-0.05, 0) is 0 Å². The number of nitrogens with zero attached hydrogens (tertiary/aromatic N) is 2. The summed E-state index contributed by atoms with van der Waals surface area (Å²) < 4.78 is 12.3. The van der Waals surface area contributed by atoms with Crippen LogP contribution >= 0.6 is 34.4 Å². The van der Waals surface area contributed by atoms with Crippen molar-refractivity contribution in [2.75, 3.05) is 0 Å². The van der Waals surface area contributed by atoms with Crippen LogP contribution in [-0.2, 0) is 0 Å². The summed E-state index contributed by atoms with van der Waals surface area (Å²) in [6.45, 7) is 8.71. The van der Waals surface area contributed by atoms with E-state index in [-0.39, 0.29) is 0 Å². The van der Waals surface area contributed by atoms with E-state index in [1.165, 1.54) is 21.5 Å². The summed E-state index contributed by atoms with van der Waals surface area (Å²) in [5, 5.41) is 0. The van der Waals surface area contributed by atoms with Crippen LogP contribution in [0.2, 0.25) is 29.6 Å². The molecule has 0 radical (unpaired) electrons. The quantitative estimate of drug-likeness (QED) is 0.320. The number of hydrogen-bond acceptors (Lipinski definition) is 5. The fourth-order valence-electron chi connectivity index (χ4n) is 2.62. The van der Waals surface area contributed by atoms with Crippen LogP contribution in [0.15, 0.2) is 37.4 Å². The Balaban J connectivity index is 1.91. The van der Waals surface area contributed by atoms with Crippen molar-refractivity contribution in [3.05, 3.63) is 58.6 Å². The van der Waals surface area contributed by atoms with Crippen LogP contribution in [0, 0.1) is 0 Å². The van der Waals surface area contributed by atoms with Crippen LogP contribution in [0.5, 0.6) is 0 Å². The van der Waals surface area contributed by atoms with Crippen molar-refractivity contribution in [2.45, 2.75) is 29.6 Å². The Morgan fingerprint density at radius 1 is 0.704 bits per heavy atom. The van der Waals surface area contributed by atoms with Gasteiger partial charge in [-0.25, -0.2) is 0 Å². The molecule has 3 aromatic heterocycles. The summed E-state index contributed by atoms with van der Waals surface area (Å²) >= 11 is 0.901. The third-order valence-corrected chi connectivity index (χ3v) is 26.1. The van der Waals surface area contributed by atoms with E-state index in [1.54, 1.807) is 5.79 Å². The fourth-order valence-corrected chi connectivity index (χ4v) is 15.7. The van der Waals surface area contributed by atoms with Gasteiger partial charge >= 0.3 is 185 Å². The maximum absolute atomic E-state index is 4.58. The molecule has 0 saturated carbocycles. The molecule has 0 aliphatic carbocycles. The van der Waals surface area contributed by atoms with Gasteiger partial charge in [0.25, 0.3) is 0 Å². The molecule has 0 spiro atoms. The molecule has 0 fully saturated rings. The van der Waals surface area contributed by atoms with Gasteiger partial charge in [-0.1, -0.05) is 0 Å². The van der Waals surface area contributed by atoms with Gasteiger partial charge in [-0.15, -0.1) is 0 Å². The second-order valence-corrected chi connectivity index (χ2v) is 42.3. The van der Waals surface area contributed by atoms with E-state index >= 15 is 0 Å². The van der Waals surface area contributed by atoms with Crippen molar-refractivity contribution in [2.24, 2.45) is 0 Å². The topological polar surface area (TPSA) is 25.8 Å². The molecule has 0 bridgehead atoms. The molecule has 0 amide bonds. The zero-order valence-corrected chi connectivity index (χ0v) is 25.0. The molecule has 3 aromatic rings. The Bertz CT molecular complexity index is 918. The second-order valence-electron chi connectivity index (χ2n) is 8.75. The summed E-state index contributed by atoms with van der Waals surface area (Å²) in [6, 6.07) is 8.98. The van der Waals surface area contributed by atoms with Gasteiger partial charge in [-0.2, -0.15) is 0 Å². The summed E-state index contributed by atoms with van der Waals surface area (Å²) in [5.41, 5.74) is 3.71. The van der Waals surface area contributed by atoms with Crippen molar-refractivity contribution < 1.29 is 0 Å². The normalized spacial score (nSPS) is 12.4. The first-order valence-corrected chi connectivity index (χ1v) is 31.2. The zero-order valence-electron chi connectivity index (χ0n) is 16.8. The van der Waals surface area contributed by atoms with E-state index in [0.717, 1.165) is 22.5 Å². The molecule has 0 saturated heterocycles. The molecular formula is C20H26N2S3Sn2. The first kappa shape index (κ1) is 21.7. The van der Waals surface area contributed by atoms with Gasteiger partial charge in [0.1, 0.15) is 0 Å². The molecule has 3 rings (SSSR count). The third-order valence-electron chi connectivity index (χ3n) is 4.35. The van der Waals surface area contributed by atoms with E-state index in [0.29, 0.717) is 0 Å². The first-order valence-electron chi connectivity index (χ1n) is 8.91. The fraction of sp³-hybridized carbons (Fsp3) is 0.300. The molecule has 0 unspecified atom stereocenters. The third kappa shape index (κ3) is 4.79. The van der Waals surface area contributed by atoms with E-state index in [9.17, 15) is 0 Å². The minimum absolute atomic E-state index is 0.886. The predicted molar refractivity (Wildman–Crippen MR) is 131 cm³/mol. The molecule has 142 valence electrons. The van der Waals surface area contributed by atoms with Gasteiger partial charge in [0.05, 0.1) is 0 Å². The Morgan fingerprint density at radius 2 is 1.07 bits per heavy atom. The second kappa shape index (κ2) is 8.05. The molecule has 7 heteroatoms. The molecule has 0 aromatic carbocycles. The average molecular weight is 628 g/mol. The van der Waals surface area contributed by atoms with Crippen molar-refractivity contribution in [1.82, 2.24) is 8.75 Å². The Labute approximate surface area is 183 Å². The monoisotopic (exact) mass is 630 g/mol. The molecular weight excluding hydrogens is 602 g/mol. The Morgan fingerprint density at radius 3 is 1.37 bits per heavy atom. The molecule has 0 N–H and O–H groups in total. The van der Waals surface area contributed by atoms with Crippen molar-refractivity contribution >= 4 is 88.1 Å². The maximum atomic E-state index is 4.58. The van der Waals surface area contributed by atoms with Crippen LogP contribution < -0.4 is 5.79 Å². The van der Waals surface area contributed by atoms with Crippen molar-refractivity contribution in [3.63, 3.8) is 0 Å². The van der Waals surface area contributed by atoms with Crippen LogP contribution in [-0.4, -0.2) is 45.5 Å². The van der Waals surface area contributed by atoms with Gasteiger partial charge in [0.15, 0.2) is 0 Å². The van der Waals surface area contributed by atoms with E-state index < -0.39 is 36.8 Å². The number of thiophene rings is 2. The molecule has 0 aliphatic heterocycles. The van der Waals surface area contributed by atoms with E-state index in [1.807, 2.05) is 22.7 Å². The molecule has 0 aliphatic rings. The first-order chi connectivity index (χ1) is 12.5. The predicted octanol–water partition coefficient (Wildman–Crippen LogP) is 5.87. The molecule has 0 atom stereocenters. The summed E-state index contributed by atoms with van der Waals surface area (Å²) in [6.07, 6.45) is 0. The summed E-state index contributed by atoms with van der Waals surface area (Å²) in [4.78, 5) is 17.1. The Kier molecular flexibility index (Phi) is 6.48. The Hall–Kier alpha value is 0.0374. The molecule has 2 nitrogen and oxygen atoms in total. The van der Waals surface area contributed by atoms with Crippen LogP contribution in [0.25, 0.3) is 11.1 Å². The standard InChI is InChI=1S/C14H8N2S3.6CH3.2Sn/c1-9(11-5-3-7-17-11)13-14(16-19-15-13)10(2)12-6-4-8-18-12;;;;;;;;/h3-6H,1-2H2;6*1H3;;. The van der Waals surface area contributed by atoms with Crippen molar-refractivity contribution in [1.29, 1.82) is 0 Å². The summed E-state index contributed by atoms with van der Waals surface area (Å²) in [7, 11) is 0. The van der Waals surface area contributed by atoms with Crippen LogP contribution in [0.1, 0.15) is 21.1 Å². The number of hydrogen-bond donors (Lipinski definition) is 0. The van der Waals surface area contributed by atoms with Gasteiger partial charge in [0, 0.05) is 0 Å². The van der Waals surface area contributed by atoms with Gasteiger partial charge in [-0.3, -0.25) is 0 Å². The minimum atomic E-state index is -2.06. The SMILES string of the molecule is C=C(c1cc[c]([Sn]([CH3])([CH3])[CH3])s1)c1nsnc1C(=C)c1cc[c]([Sn]([CH3])([CH3])[CH3])s1. The zero-order chi connectivity index (χ0) is 20.0. The molecule has 27 heavy (non-hydrogen) atoms. The summed E-state index contributed by atoms with van der Waals surface area (Å²) in [5.74, 6) is 0. The molecule has 3 heterocycles. The average Bonchev–Trinajstić information content (AvgIpc) is 3.31. The van der Waals surface area contributed by atoms with Gasteiger partial charge in [0.2, 0.25) is 0 Å². The van der Waals surface area contributed by atoms with E-state index in [4.69, 9.17) is 0 Å². The van der Waals surface area contributed by atoms with Crippen LogP contribution in [0.3, 0.4) is 0 Å². The van der Waals surface area contributed by atoms with Crippen LogP contribution in [0.4, 0.5) is 0 Å².